The number of anilines is 1. The van der Waals surface area contributed by atoms with Gasteiger partial charge in [-0.05, 0) is 37.3 Å². The lowest BCUT2D eigenvalue weighted by molar-refractivity contribution is 0.102. The lowest BCUT2D eigenvalue weighted by Gasteiger charge is -2.10. The van der Waals surface area contributed by atoms with Gasteiger partial charge in [0.05, 0.1) is 17.9 Å². The van der Waals surface area contributed by atoms with Crippen LogP contribution in [-0.4, -0.2) is 17.5 Å². The van der Waals surface area contributed by atoms with Gasteiger partial charge in [-0.25, -0.2) is 4.39 Å². The predicted octanol–water partition coefficient (Wildman–Crippen LogP) is 3.96. The summed E-state index contributed by atoms with van der Waals surface area (Å²) >= 11 is 0. The zero-order valence-corrected chi connectivity index (χ0v) is 12.0. The van der Waals surface area contributed by atoms with Crippen LogP contribution in [0.15, 0.2) is 48.7 Å². The number of nitrogens with one attached hydrogen (secondary N) is 2. The first kappa shape index (κ1) is 14.1. The van der Waals surface area contributed by atoms with Gasteiger partial charge in [-0.1, -0.05) is 12.1 Å². The predicted molar refractivity (Wildman–Crippen MR) is 83.8 cm³/mol. The fraction of sp³-hybridized carbons (Fsp3) is 0.118. The number of H-pyrrole nitrogens is 1. The molecule has 3 aromatic rings. The Morgan fingerprint density at radius 2 is 2.09 bits per heavy atom. The number of aromatic amines is 1. The van der Waals surface area contributed by atoms with E-state index in [9.17, 15) is 9.18 Å². The van der Waals surface area contributed by atoms with Crippen LogP contribution >= 0.6 is 0 Å². The van der Waals surface area contributed by atoms with Crippen molar-refractivity contribution in [3.8, 4) is 5.75 Å². The molecule has 0 radical (unpaired) electrons. The molecule has 4 nitrogen and oxygen atoms in total. The number of amides is 1. The van der Waals surface area contributed by atoms with Crippen LogP contribution in [0.4, 0.5) is 10.1 Å². The first-order chi connectivity index (χ1) is 10.7. The van der Waals surface area contributed by atoms with E-state index in [0.29, 0.717) is 34.5 Å². The van der Waals surface area contributed by atoms with Gasteiger partial charge >= 0.3 is 0 Å². The number of carbonyl (C=O) groups excluding carboxylic acids is 1. The summed E-state index contributed by atoms with van der Waals surface area (Å²) in [6, 6.07) is 11.5. The van der Waals surface area contributed by atoms with E-state index in [1.54, 1.807) is 24.4 Å². The fourth-order valence-electron chi connectivity index (χ4n) is 2.33. The Balaban J connectivity index is 1.91. The molecule has 2 aromatic carbocycles. The van der Waals surface area contributed by atoms with E-state index in [-0.39, 0.29) is 11.7 Å². The van der Waals surface area contributed by atoms with Crippen LogP contribution in [0.1, 0.15) is 17.3 Å². The standard InChI is InChI=1S/C17H15FN2O2/c1-2-22-16-6-4-3-5-14(16)20-17(21)13-10-19-15-9-11(18)7-8-12(13)15/h3-10,19H,2H2,1H3,(H,20,21). The minimum Gasteiger partial charge on any atom is -0.492 e. The topological polar surface area (TPSA) is 54.1 Å². The SMILES string of the molecule is CCOc1ccccc1NC(=O)c1c[nH]c2cc(F)ccc12. The van der Waals surface area contributed by atoms with Crippen molar-refractivity contribution in [2.45, 2.75) is 6.92 Å². The van der Waals surface area contributed by atoms with Crippen molar-refractivity contribution in [3.63, 3.8) is 0 Å². The normalized spacial score (nSPS) is 10.6. The summed E-state index contributed by atoms with van der Waals surface area (Å²) in [5.41, 5.74) is 1.65. The third-order valence-electron chi connectivity index (χ3n) is 3.32. The summed E-state index contributed by atoms with van der Waals surface area (Å²) in [5, 5.41) is 3.50. The lowest BCUT2D eigenvalue weighted by atomic mass is 10.1. The molecular formula is C17H15FN2O2. The van der Waals surface area contributed by atoms with E-state index in [4.69, 9.17) is 4.74 Å². The molecule has 0 fully saturated rings. The van der Waals surface area contributed by atoms with Crippen molar-refractivity contribution in [2.75, 3.05) is 11.9 Å². The Hall–Kier alpha value is -2.82. The third kappa shape index (κ3) is 2.65. The van der Waals surface area contributed by atoms with Crippen molar-refractivity contribution in [2.24, 2.45) is 0 Å². The molecule has 22 heavy (non-hydrogen) atoms. The summed E-state index contributed by atoms with van der Waals surface area (Å²) < 4.78 is 18.7. The molecule has 0 bridgehead atoms. The van der Waals surface area contributed by atoms with Gasteiger partial charge in [-0.3, -0.25) is 4.79 Å². The van der Waals surface area contributed by atoms with E-state index < -0.39 is 0 Å². The van der Waals surface area contributed by atoms with Crippen molar-refractivity contribution >= 4 is 22.5 Å². The van der Waals surface area contributed by atoms with Crippen LogP contribution in [0.3, 0.4) is 0 Å². The number of para-hydroxylation sites is 2. The van der Waals surface area contributed by atoms with Crippen molar-refractivity contribution in [1.29, 1.82) is 0 Å². The first-order valence-corrected chi connectivity index (χ1v) is 6.99. The molecule has 1 amide bonds. The number of halogens is 1. The first-order valence-electron chi connectivity index (χ1n) is 6.99. The number of hydrogen-bond acceptors (Lipinski definition) is 2. The van der Waals surface area contributed by atoms with E-state index >= 15 is 0 Å². The maximum atomic E-state index is 13.2. The number of carbonyl (C=O) groups is 1. The second-order valence-corrected chi connectivity index (χ2v) is 4.78. The minimum absolute atomic E-state index is 0.273. The average molecular weight is 298 g/mol. The van der Waals surface area contributed by atoms with Gasteiger partial charge in [0, 0.05) is 17.1 Å². The molecule has 0 aliphatic rings. The number of aromatic nitrogens is 1. The highest BCUT2D eigenvalue weighted by atomic mass is 19.1. The van der Waals surface area contributed by atoms with E-state index in [1.165, 1.54) is 12.1 Å². The highest BCUT2D eigenvalue weighted by molar-refractivity contribution is 6.13. The van der Waals surface area contributed by atoms with Crippen LogP contribution < -0.4 is 10.1 Å². The molecule has 0 spiro atoms. The third-order valence-corrected chi connectivity index (χ3v) is 3.32. The summed E-state index contributed by atoms with van der Waals surface area (Å²) in [6.45, 7) is 2.39. The van der Waals surface area contributed by atoms with Gasteiger partial charge in [-0.15, -0.1) is 0 Å². The molecule has 0 atom stereocenters. The van der Waals surface area contributed by atoms with Crippen LogP contribution in [0.2, 0.25) is 0 Å². The Morgan fingerprint density at radius 3 is 2.91 bits per heavy atom. The Morgan fingerprint density at radius 1 is 1.27 bits per heavy atom. The highest BCUT2D eigenvalue weighted by Gasteiger charge is 2.14. The van der Waals surface area contributed by atoms with Gasteiger partial charge in [0.25, 0.3) is 5.91 Å². The summed E-state index contributed by atoms with van der Waals surface area (Å²) in [4.78, 5) is 15.4. The zero-order valence-electron chi connectivity index (χ0n) is 12.0. The molecule has 0 unspecified atom stereocenters. The van der Waals surface area contributed by atoms with Crippen molar-refractivity contribution in [3.05, 3.63) is 60.0 Å². The molecule has 0 saturated carbocycles. The monoisotopic (exact) mass is 298 g/mol. The van der Waals surface area contributed by atoms with Gasteiger partial charge in [0.1, 0.15) is 11.6 Å². The second-order valence-electron chi connectivity index (χ2n) is 4.78. The van der Waals surface area contributed by atoms with Crippen molar-refractivity contribution < 1.29 is 13.9 Å². The number of rotatable bonds is 4. The smallest absolute Gasteiger partial charge is 0.257 e. The van der Waals surface area contributed by atoms with Gasteiger partial charge in [0.15, 0.2) is 0 Å². The molecule has 112 valence electrons. The van der Waals surface area contributed by atoms with E-state index in [0.717, 1.165) is 0 Å². The van der Waals surface area contributed by atoms with Crippen LogP contribution in [0, 0.1) is 5.82 Å². The number of benzene rings is 2. The highest BCUT2D eigenvalue weighted by Crippen LogP contribution is 2.26. The van der Waals surface area contributed by atoms with E-state index in [1.807, 2.05) is 19.1 Å². The molecule has 2 N–H and O–H groups in total. The van der Waals surface area contributed by atoms with E-state index in [2.05, 4.69) is 10.3 Å². The van der Waals surface area contributed by atoms with Gasteiger partial charge in [0.2, 0.25) is 0 Å². The summed E-state index contributed by atoms with van der Waals surface area (Å²) in [5.74, 6) is -0.00255. The van der Waals surface area contributed by atoms with Gasteiger partial charge < -0.3 is 15.0 Å². The van der Waals surface area contributed by atoms with Gasteiger partial charge in [-0.2, -0.15) is 0 Å². The summed E-state index contributed by atoms with van der Waals surface area (Å²) in [7, 11) is 0. The van der Waals surface area contributed by atoms with Crippen LogP contribution in [-0.2, 0) is 0 Å². The Bertz CT molecular complexity index is 826. The molecule has 1 aromatic heterocycles. The largest absolute Gasteiger partial charge is 0.492 e. The zero-order chi connectivity index (χ0) is 15.5. The quantitative estimate of drug-likeness (QED) is 0.766. The van der Waals surface area contributed by atoms with Crippen LogP contribution in [0.25, 0.3) is 10.9 Å². The molecule has 0 aliphatic carbocycles. The molecule has 1 heterocycles. The molecule has 3 rings (SSSR count). The number of fused-ring (bicyclic) bond motifs is 1. The number of ether oxygens (including phenoxy) is 1. The molecule has 5 heteroatoms. The Kier molecular flexibility index (Phi) is 3.78. The maximum Gasteiger partial charge on any atom is 0.257 e. The fourth-order valence-corrected chi connectivity index (χ4v) is 2.33. The average Bonchev–Trinajstić information content (AvgIpc) is 2.92. The Labute approximate surface area is 126 Å². The molecule has 0 saturated heterocycles. The molecule has 0 aliphatic heterocycles. The van der Waals surface area contributed by atoms with Crippen molar-refractivity contribution in [1.82, 2.24) is 4.98 Å². The second kappa shape index (κ2) is 5.89. The van der Waals surface area contributed by atoms with Crippen LogP contribution in [0.5, 0.6) is 5.75 Å². The minimum atomic E-state index is -0.344. The summed E-state index contributed by atoms with van der Waals surface area (Å²) in [6.07, 6.45) is 1.57. The number of hydrogen-bond donors (Lipinski definition) is 2. The lowest BCUT2D eigenvalue weighted by Crippen LogP contribution is -2.12. The maximum absolute atomic E-state index is 13.2. The molecular weight excluding hydrogens is 283 g/mol.